The van der Waals surface area contributed by atoms with Crippen LogP contribution in [0.15, 0.2) is 6.20 Å². The second-order valence-corrected chi connectivity index (χ2v) is 10.5. The molecule has 1 amide bonds. The number of nitrogens with one attached hydrogen (secondary N) is 1. The molecular weight excluding hydrogens is 392 g/mol. The van der Waals surface area contributed by atoms with E-state index in [1.54, 1.807) is 7.11 Å². The van der Waals surface area contributed by atoms with Crippen LogP contribution in [0.1, 0.15) is 77.1 Å². The highest BCUT2D eigenvalue weighted by Crippen LogP contribution is 2.40. The fraction of sp³-hybridized carbons (Fsp3) is 0.792. The number of carbonyl (C=O) groups is 1. The van der Waals surface area contributed by atoms with E-state index >= 15 is 0 Å². The lowest BCUT2D eigenvalue weighted by atomic mass is 9.74. The Hall–Kier alpha value is -1.73. The minimum Gasteiger partial charge on any atom is -0.381 e. The number of morpholine rings is 1. The van der Waals surface area contributed by atoms with Gasteiger partial charge in [-0.2, -0.15) is 0 Å². The number of fused-ring (bicyclic) bond motifs is 1. The summed E-state index contributed by atoms with van der Waals surface area (Å²) < 4.78 is 11.3. The van der Waals surface area contributed by atoms with Crippen LogP contribution in [0.2, 0.25) is 0 Å². The van der Waals surface area contributed by atoms with Crippen molar-refractivity contribution in [3.63, 3.8) is 0 Å². The molecule has 1 N–H and O–H groups in total. The lowest BCUT2D eigenvalue weighted by Gasteiger charge is -2.39. The molecule has 7 nitrogen and oxygen atoms in total. The van der Waals surface area contributed by atoms with E-state index in [-0.39, 0.29) is 35.5 Å². The van der Waals surface area contributed by atoms with Gasteiger partial charge < -0.3 is 19.7 Å². The molecule has 2 aliphatic carbocycles. The first-order chi connectivity index (χ1) is 14.7. The van der Waals surface area contributed by atoms with Gasteiger partial charge in [0.2, 0.25) is 11.9 Å². The Labute approximate surface area is 186 Å². The molecule has 3 unspecified atom stereocenters. The van der Waals surface area contributed by atoms with E-state index in [0.29, 0.717) is 6.10 Å². The molecule has 31 heavy (non-hydrogen) atoms. The molecule has 1 saturated heterocycles. The van der Waals surface area contributed by atoms with Crippen molar-refractivity contribution in [1.82, 2.24) is 15.3 Å². The van der Waals surface area contributed by atoms with Gasteiger partial charge in [0.1, 0.15) is 0 Å². The van der Waals surface area contributed by atoms with Crippen LogP contribution >= 0.6 is 0 Å². The van der Waals surface area contributed by atoms with Crippen LogP contribution in [0, 0.1) is 11.3 Å². The summed E-state index contributed by atoms with van der Waals surface area (Å²) in [6.45, 7) is 10.3. The normalized spacial score (nSPS) is 32.9. The third-order valence-electron chi connectivity index (χ3n) is 7.06. The van der Waals surface area contributed by atoms with E-state index in [1.165, 1.54) is 0 Å². The van der Waals surface area contributed by atoms with Crippen molar-refractivity contribution >= 4 is 11.9 Å². The molecule has 2 heterocycles. The fourth-order valence-corrected chi connectivity index (χ4v) is 5.51. The summed E-state index contributed by atoms with van der Waals surface area (Å²) in [5.41, 5.74) is 2.23. The van der Waals surface area contributed by atoms with Crippen LogP contribution in [0.25, 0.3) is 0 Å². The van der Waals surface area contributed by atoms with Crippen LogP contribution < -0.4 is 10.2 Å². The number of hydrogen-bond acceptors (Lipinski definition) is 6. The Morgan fingerprint density at radius 2 is 1.87 bits per heavy atom. The number of nitrogens with zero attached hydrogens (tertiary/aromatic N) is 3. The summed E-state index contributed by atoms with van der Waals surface area (Å²) in [4.78, 5) is 25.0. The van der Waals surface area contributed by atoms with Gasteiger partial charge in [0, 0.05) is 37.9 Å². The maximum Gasteiger partial charge on any atom is 0.225 e. The molecule has 3 aliphatic rings. The summed E-state index contributed by atoms with van der Waals surface area (Å²) >= 11 is 0. The number of aromatic nitrogens is 2. The molecule has 1 aliphatic heterocycles. The van der Waals surface area contributed by atoms with Gasteiger partial charge in [-0.3, -0.25) is 4.79 Å². The first-order valence-electron chi connectivity index (χ1n) is 11.8. The number of carbonyl (C=O) groups excluding carboxylic acids is 1. The van der Waals surface area contributed by atoms with E-state index in [1.807, 2.05) is 6.20 Å². The van der Waals surface area contributed by atoms with Crippen molar-refractivity contribution < 1.29 is 14.3 Å². The highest BCUT2D eigenvalue weighted by molar-refractivity contribution is 5.79. The number of anilines is 1. The smallest absolute Gasteiger partial charge is 0.225 e. The molecule has 1 aromatic rings. The second-order valence-electron chi connectivity index (χ2n) is 10.5. The van der Waals surface area contributed by atoms with Gasteiger partial charge in [0.25, 0.3) is 0 Å². The van der Waals surface area contributed by atoms with Gasteiger partial charge in [0.15, 0.2) is 0 Å². The molecule has 1 saturated carbocycles. The first kappa shape index (κ1) is 22.5. The Morgan fingerprint density at radius 3 is 2.52 bits per heavy atom. The fourth-order valence-electron chi connectivity index (χ4n) is 5.51. The average molecular weight is 431 g/mol. The Kier molecular flexibility index (Phi) is 6.54. The number of hydrogen-bond donors (Lipinski definition) is 1. The zero-order valence-corrected chi connectivity index (χ0v) is 19.7. The number of ether oxygens (including phenoxy) is 2. The summed E-state index contributed by atoms with van der Waals surface area (Å²) in [7, 11) is 1.76. The molecule has 172 valence electrons. The highest BCUT2D eigenvalue weighted by Gasteiger charge is 2.37. The summed E-state index contributed by atoms with van der Waals surface area (Å²) in [6, 6.07) is -0.0250. The zero-order valence-electron chi connectivity index (χ0n) is 19.7. The standard InChI is InChI=1S/C24H38N4O3/c1-15-13-28(14-16(2)31-15)23-25-12-19-20(10-24(3,4)11-21(19)27-23)26-22(29)17-6-8-18(30-5)9-7-17/h12,15-18,20H,6-11,13-14H2,1-5H3,(H,26,29). The molecule has 0 aromatic carbocycles. The van der Waals surface area contributed by atoms with E-state index in [4.69, 9.17) is 19.4 Å². The molecular formula is C24H38N4O3. The van der Waals surface area contributed by atoms with Crippen molar-refractivity contribution in [3.8, 4) is 0 Å². The van der Waals surface area contributed by atoms with Crippen LogP contribution in [0.5, 0.6) is 0 Å². The van der Waals surface area contributed by atoms with Crippen molar-refractivity contribution in [2.24, 2.45) is 11.3 Å². The van der Waals surface area contributed by atoms with Crippen LogP contribution in [-0.4, -0.2) is 54.4 Å². The molecule has 1 aromatic heterocycles. The lowest BCUT2D eigenvalue weighted by Crippen LogP contribution is -2.46. The van der Waals surface area contributed by atoms with Crippen molar-refractivity contribution in [2.45, 2.75) is 90.6 Å². The van der Waals surface area contributed by atoms with Gasteiger partial charge >= 0.3 is 0 Å². The topological polar surface area (TPSA) is 76.6 Å². The molecule has 2 fully saturated rings. The minimum atomic E-state index is -0.0250. The highest BCUT2D eigenvalue weighted by atomic mass is 16.5. The Morgan fingerprint density at radius 1 is 1.19 bits per heavy atom. The first-order valence-corrected chi connectivity index (χ1v) is 11.8. The number of methoxy groups -OCH3 is 1. The second kappa shape index (κ2) is 9.02. The monoisotopic (exact) mass is 430 g/mol. The van der Waals surface area contributed by atoms with Crippen molar-refractivity contribution in [2.75, 3.05) is 25.1 Å². The summed E-state index contributed by atoms with van der Waals surface area (Å²) in [6.07, 6.45) is 8.12. The van der Waals surface area contributed by atoms with Gasteiger partial charge in [-0.1, -0.05) is 13.8 Å². The molecule has 7 heteroatoms. The van der Waals surface area contributed by atoms with Gasteiger partial charge in [0.05, 0.1) is 30.0 Å². The lowest BCUT2D eigenvalue weighted by molar-refractivity contribution is -0.127. The molecule has 4 rings (SSSR count). The maximum absolute atomic E-state index is 13.1. The largest absolute Gasteiger partial charge is 0.381 e. The Bertz CT molecular complexity index is 781. The van der Waals surface area contributed by atoms with Crippen molar-refractivity contribution in [1.29, 1.82) is 0 Å². The number of amides is 1. The van der Waals surface area contributed by atoms with Crippen molar-refractivity contribution in [3.05, 3.63) is 17.5 Å². The third-order valence-corrected chi connectivity index (χ3v) is 7.06. The van der Waals surface area contributed by atoms with Crippen LogP contribution in [0.4, 0.5) is 5.95 Å². The molecule has 0 radical (unpaired) electrons. The average Bonchev–Trinajstić information content (AvgIpc) is 2.71. The molecule has 0 spiro atoms. The van der Waals surface area contributed by atoms with Gasteiger partial charge in [-0.25, -0.2) is 9.97 Å². The predicted molar refractivity (Wildman–Crippen MR) is 120 cm³/mol. The molecule has 3 atom stereocenters. The Balaban J connectivity index is 1.50. The predicted octanol–water partition coefficient (Wildman–Crippen LogP) is 3.43. The van der Waals surface area contributed by atoms with E-state index in [0.717, 1.165) is 68.8 Å². The minimum absolute atomic E-state index is 0.0250. The van der Waals surface area contributed by atoms with E-state index < -0.39 is 0 Å². The molecule has 0 bridgehead atoms. The number of rotatable bonds is 4. The summed E-state index contributed by atoms with van der Waals surface area (Å²) in [5, 5.41) is 3.35. The van der Waals surface area contributed by atoms with Gasteiger partial charge in [-0.15, -0.1) is 0 Å². The quantitative estimate of drug-likeness (QED) is 0.789. The maximum atomic E-state index is 13.1. The van der Waals surface area contributed by atoms with E-state index in [9.17, 15) is 4.79 Å². The van der Waals surface area contributed by atoms with Crippen LogP contribution in [-0.2, 0) is 20.7 Å². The van der Waals surface area contributed by atoms with E-state index in [2.05, 4.69) is 37.9 Å². The SMILES string of the molecule is COC1CCC(C(=O)NC2CC(C)(C)Cc3nc(N4CC(C)OC(C)C4)ncc32)CC1. The van der Waals surface area contributed by atoms with Crippen LogP contribution in [0.3, 0.4) is 0 Å². The summed E-state index contributed by atoms with van der Waals surface area (Å²) in [5.74, 6) is 1.03. The third kappa shape index (κ3) is 5.20. The van der Waals surface area contributed by atoms with Gasteiger partial charge in [-0.05, 0) is 57.8 Å². The zero-order chi connectivity index (χ0) is 22.2.